The lowest BCUT2D eigenvalue weighted by atomic mass is 10.1. The minimum Gasteiger partial charge on any atom is -0.463 e. The van der Waals surface area contributed by atoms with Crippen molar-refractivity contribution < 1.29 is 19.1 Å². The normalized spacial score (nSPS) is 12.0. The third-order valence-electron chi connectivity index (χ3n) is 5.19. The molecule has 33 heavy (non-hydrogen) atoms. The van der Waals surface area contributed by atoms with E-state index < -0.39 is 0 Å². The summed E-state index contributed by atoms with van der Waals surface area (Å²) in [6.07, 6.45) is 14.8. The molecule has 0 bridgehead atoms. The van der Waals surface area contributed by atoms with Gasteiger partial charge in [-0.25, -0.2) is 9.97 Å². The zero-order valence-electron chi connectivity index (χ0n) is 20.1. The predicted octanol–water partition coefficient (Wildman–Crippen LogP) is 6.24. The van der Waals surface area contributed by atoms with Crippen LogP contribution in [0.5, 0.6) is 5.75 Å². The Hall–Kier alpha value is -3.02. The minimum absolute atomic E-state index is 0.0995. The molecule has 0 spiro atoms. The molecule has 0 aliphatic heterocycles. The lowest BCUT2D eigenvalue weighted by molar-refractivity contribution is -0.148. The fraction of sp³-hybridized carbons (Fsp3) is 0.481. The van der Waals surface area contributed by atoms with Gasteiger partial charge in [0.15, 0.2) is 11.6 Å². The van der Waals surface area contributed by atoms with Crippen molar-refractivity contribution in [1.29, 1.82) is 0 Å². The van der Waals surface area contributed by atoms with Crippen LogP contribution < -0.4 is 4.74 Å². The van der Waals surface area contributed by atoms with Gasteiger partial charge in [0.05, 0.1) is 18.5 Å². The molecule has 0 amide bonds. The van der Waals surface area contributed by atoms with Crippen LogP contribution in [0.15, 0.2) is 48.8 Å². The maximum Gasteiger partial charge on any atom is 0.311 e. The number of ether oxygens (including phenoxy) is 2. The second-order valence-electron chi connectivity index (χ2n) is 8.11. The number of aromatic nitrogens is 2. The fourth-order valence-corrected chi connectivity index (χ4v) is 3.21. The Morgan fingerprint density at radius 1 is 0.970 bits per heavy atom. The van der Waals surface area contributed by atoms with Crippen molar-refractivity contribution in [3.8, 4) is 17.1 Å². The van der Waals surface area contributed by atoms with Crippen molar-refractivity contribution in [2.45, 2.75) is 84.7 Å². The van der Waals surface area contributed by atoms with Crippen LogP contribution in [-0.2, 0) is 20.7 Å². The van der Waals surface area contributed by atoms with Crippen LogP contribution >= 0.6 is 0 Å². The van der Waals surface area contributed by atoms with E-state index in [1.165, 1.54) is 31.7 Å². The second-order valence-corrected chi connectivity index (χ2v) is 8.11. The van der Waals surface area contributed by atoms with Gasteiger partial charge in [0.2, 0.25) is 0 Å². The van der Waals surface area contributed by atoms with Crippen molar-refractivity contribution in [3.05, 3.63) is 54.4 Å². The number of hydrogen-bond donors (Lipinski definition) is 0. The Labute approximate surface area is 197 Å². The molecule has 2 rings (SSSR count). The molecule has 0 saturated heterocycles. The van der Waals surface area contributed by atoms with Crippen molar-refractivity contribution >= 4 is 11.9 Å². The van der Waals surface area contributed by atoms with Gasteiger partial charge in [-0.15, -0.1) is 0 Å². The van der Waals surface area contributed by atoms with Gasteiger partial charge in [-0.3, -0.25) is 9.59 Å². The summed E-state index contributed by atoms with van der Waals surface area (Å²) in [5.74, 6) is 0.469. The molecule has 1 aromatic heterocycles. The molecule has 178 valence electrons. The molecule has 1 unspecified atom stereocenters. The van der Waals surface area contributed by atoms with E-state index in [1.807, 2.05) is 37.3 Å². The highest BCUT2D eigenvalue weighted by atomic mass is 16.5. The summed E-state index contributed by atoms with van der Waals surface area (Å²) in [6.45, 7) is 5.89. The van der Waals surface area contributed by atoms with E-state index in [1.54, 1.807) is 6.92 Å². The third-order valence-corrected chi connectivity index (χ3v) is 5.19. The summed E-state index contributed by atoms with van der Waals surface area (Å²) in [6, 6.07) is 7.98. The molecule has 0 fully saturated rings. The van der Waals surface area contributed by atoms with Gasteiger partial charge >= 0.3 is 11.9 Å². The standard InChI is InChI=1S/C27H36N2O4/c1-4-6-7-8-9-10-11-12-26(31)33-24-19-28-27(29-20-24)23-17-15-22(16-18-23)14-13-21(3)32-25(30)5-2/h9-10,15-21H,4-8,11-14H2,1-3H3. The topological polar surface area (TPSA) is 78.4 Å². The summed E-state index contributed by atoms with van der Waals surface area (Å²) < 4.78 is 10.6. The first-order valence-electron chi connectivity index (χ1n) is 12.0. The summed E-state index contributed by atoms with van der Waals surface area (Å²) in [5.41, 5.74) is 2.04. The highest BCUT2D eigenvalue weighted by Crippen LogP contribution is 2.19. The number of benzene rings is 1. The number of esters is 2. The van der Waals surface area contributed by atoms with E-state index in [0.717, 1.165) is 30.4 Å². The number of nitrogens with zero attached hydrogens (tertiary/aromatic N) is 2. The second kappa shape index (κ2) is 14.9. The van der Waals surface area contributed by atoms with E-state index in [4.69, 9.17) is 9.47 Å². The van der Waals surface area contributed by atoms with E-state index in [9.17, 15) is 9.59 Å². The monoisotopic (exact) mass is 452 g/mol. The highest BCUT2D eigenvalue weighted by Gasteiger charge is 2.09. The van der Waals surface area contributed by atoms with Crippen LogP contribution in [0.1, 0.15) is 77.7 Å². The van der Waals surface area contributed by atoms with Crippen molar-refractivity contribution in [3.63, 3.8) is 0 Å². The highest BCUT2D eigenvalue weighted by molar-refractivity contribution is 5.72. The van der Waals surface area contributed by atoms with Crippen LogP contribution in [0.25, 0.3) is 11.4 Å². The number of carbonyl (C=O) groups is 2. The number of allylic oxidation sites excluding steroid dienone is 2. The molecule has 0 radical (unpaired) electrons. The number of hydrogen-bond acceptors (Lipinski definition) is 6. The predicted molar refractivity (Wildman–Crippen MR) is 130 cm³/mol. The number of unbranched alkanes of at least 4 members (excludes halogenated alkanes) is 3. The smallest absolute Gasteiger partial charge is 0.311 e. The SMILES string of the molecule is CCCCCC=CCCC(=O)Oc1cnc(-c2ccc(CCC(C)OC(=O)CC)cc2)nc1. The summed E-state index contributed by atoms with van der Waals surface area (Å²) in [4.78, 5) is 32.0. The molecular formula is C27H36N2O4. The zero-order chi connectivity index (χ0) is 23.9. The Kier molecular flexibility index (Phi) is 11.9. The van der Waals surface area contributed by atoms with E-state index >= 15 is 0 Å². The molecule has 1 aromatic carbocycles. The van der Waals surface area contributed by atoms with Crippen LogP contribution in [0, 0.1) is 0 Å². The van der Waals surface area contributed by atoms with Gasteiger partial charge in [-0.05, 0) is 44.6 Å². The quantitative estimate of drug-likeness (QED) is 0.192. The minimum atomic E-state index is -0.284. The van der Waals surface area contributed by atoms with Gasteiger partial charge in [0.25, 0.3) is 0 Å². The van der Waals surface area contributed by atoms with Crippen molar-refractivity contribution in [2.24, 2.45) is 0 Å². The maximum atomic E-state index is 12.0. The number of rotatable bonds is 14. The summed E-state index contributed by atoms with van der Waals surface area (Å²) in [5, 5.41) is 0. The van der Waals surface area contributed by atoms with Gasteiger partial charge in [-0.1, -0.05) is 63.1 Å². The first-order chi connectivity index (χ1) is 16.0. The maximum absolute atomic E-state index is 12.0. The molecule has 6 heteroatoms. The van der Waals surface area contributed by atoms with Crippen molar-refractivity contribution in [2.75, 3.05) is 0 Å². The molecule has 6 nitrogen and oxygen atoms in total. The van der Waals surface area contributed by atoms with Gasteiger partial charge < -0.3 is 9.47 Å². The molecule has 0 aliphatic carbocycles. The first kappa shape index (κ1) is 26.2. The molecule has 1 heterocycles. The van der Waals surface area contributed by atoms with Gasteiger partial charge in [0.1, 0.15) is 0 Å². The van der Waals surface area contributed by atoms with E-state index in [0.29, 0.717) is 30.8 Å². The Bertz CT molecular complexity index is 876. The Morgan fingerprint density at radius 3 is 2.33 bits per heavy atom. The molecule has 0 saturated carbocycles. The average molecular weight is 453 g/mol. The lowest BCUT2D eigenvalue weighted by Gasteiger charge is -2.12. The van der Waals surface area contributed by atoms with E-state index in [-0.39, 0.29) is 18.0 Å². The van der Waals surface area contributed by atoms with E-state index in [2.05, 4.69) is 23.0 Å². The average Bonchev–Trinajstić information content (AvgIpc) is 2.83. The largest absolute Gasteiger partial charge is 0.463 e. The number of aryl methyl sites for hydroxylation is 1. The first-order valence-corrected chi connectivity index (χ1v) is 12.0. The third kappa shape index (κ3) is 10.4. The molecule has 0 N–H and O–H groups in total. The van der Waals surface area contributed by atoms with Crippen LogP contribution in [0.3, 0.4) is 0 Å². The van der Waals surface area contributed by atoms with Crippen LogP contribution in [0.2, 0.25) is 0 Å². The molecule has 0 aliphatic rings. The zero-order valence-corrected chi connectivity index (χ0v) is 20.1. The fourth-order valence-electron chi connectivity index (χ4n) is 3.21. The molecular weight excluding hydrogens is 416 g/mol. The summed E-state index contributed by atoms with van der Waals surface area (Å²) in [7, 11) is 0. The lowest BCUT2D eigenvalue weighted by Crippen LogP contribution is -2.14. The van der Waals surface area contributed by atoms with Crippen LogP contribution in [-0.4, -0.2) is 28.0 Å². The van der Waals surface area contributed by atoms with Gasteiger partial charge in [-0.2, -0.15) is 0 Å². The molecule has 2 aromatic rings. The number of carbonyl (C=O) groups excluding carboxylic acids is 2. The Morgan fingerprint density at radius 2 is 1.67 bits per heavy atom. The van der Waals surface area contributed by atoms with Crippen molar-refractivity contribution in [1.82, 2.24) is 9.97 Å². The molecule has 1 atom stereocenters. The van der Waals surface area contributed by atoms with Gasteiger partial charge in [0, 0.05) is 18.4 Å². The Balaban J connectivity index is 1.77. The summed E-state index contributed by atoms with van der Waals surface area (Å²) >= 11 is 0. The van der Waals surface area contributed by atoms with Crippen LogP contribution in [0.4, 0.5) is 0 Å².